The monoisotopic (exact) mass is 321 g/mol. The Bertz CT molecular complexity index is 847. The highest BCUT2D eigenvalue weighted by Gasteiger charge is 2.13. The fraction of sp³-hybridized carbons (Fsp3) is 0.300. The highest BCUT2D eigenvalue weighted by atomic mass is 16.1. The average molecular weight is 321 g/mol. The number of rotatable bonds is 5. The molecule has 4 heteroatoms. The standard InChI is InChI=1S/C20H23N3O/c1-14(2)20(24)21-12-19-22-17-6-4-5-7-18(17)23(19)13-16-10-8-15(3)9-11-16/h4-11,14H,12-13H2,1-3H3,(H,21,24). The van der Waals surface area contributed by atoms with E-state index in [4.69, 9.17) is 4.98 Å². The van der Waals surface area contributed by atoms with Crippen molar-refractivity contribution in [3.05, 3.63) is 65.5 Å². The summed E-state index contributed by atoms with van der Waals surface area (Å²) in [5, 5.41) is 2.97. The summed E-state index contributed by atoms with van der Waals surface area (Å²) in [5.41, 5.74) is 4.52. The zero-order valence-electron chi connectivity index (χ0n) is 14.4. The summed E-state index contributed by atoms with van der Waals surface area (Å²) in [6.45, 7) is 7.06. The van der Waals surface area contributed by atoms with Crippen molar-refractivity contribution in [2.24, 2.45) is 5.92 Å². The first kappa shape index (κ1) is 16.2. The van der Waals surface area contributed by atoms with Gasteiger partial charge in [0.25, 0.3) is 0 Å². The molecule has 3 aromatic rings. The Kier molecular flexibility index (Phi) is 4.65. The lowest BCUT2D eigenvalue weighted by Crippen LogP contribution is -2.28. The molecular weight excluding hydrogens is 298 g/mol. The van der Waals surface area contributed by atoms with Gasteiger partial charge in [0.2, 0.25) is 5.91 Å². The molecule has 1 N–H and O–H groups in total. The molecule has 0 spiro atoms. The summed E-state index contributed by atoms with van der Waals surface area (Å²) < 4.78 is 2.18. The number of amides is 1. The van der Waals surface area contributed by atoms with Crippen LogP contribution in [0.1, 0.15) is 30.8 Å². The number of carbonyl (C=O) groups excluding carboxylic acids is 1. The predicted octanol–water partition coefficient (Wildman–Crippen LogP) is 3.67. The smallest absolute Gasteiger partial charge is 0.222 e. The molecule has 0 aliphatic rings. The molecule has 0 unspecified atom stereocenters. The molecule has 1 aromatic heterocycles. The van der Waals surface area contributed by atoms with E-state index in [2.05, 4.69) is 47.1 Å². The van der Waals surface area contributed by atoms with Crippen LogP contribution in [0.15, 0.2) is 48.5 Å². The van der Waals surface area contributed by atoms with Gasteiger partial charge in [0.1, 0.15) is 5.82 Å². The number of hydrogen-bond acceptors (Lipinski definition) is 2. The first-order valence-corrected chi connectivity index (χ1v) is 8.32. The van der Waals surface area contributed by atoms with Gasteiger partial charge in [0.15, 0.2) is 0 Å². The van der Waals surface area contributed by atoms with Crippen molar-refractivity contribution in [2.45, 2.75) is 33.9 Å². The second-order valence-corrected chi connectivity index (χ2v) is 6.46. The van der Waals surface area contributed by atoms with Crippen LogP contribution in [-0.2, 0) is 17.9 Å². The second kappa shape index (κ2) is 6.87. The van der Waals surface area contributed by atoms with Crippen molar-refractivity contribution in [1.29, 1.82) is 0 Å². The van der Waals surface area contributed by atoms with Gasteiger partial charge in [0.05, 0.1) is 17.6 Å². The zero-order chi connectivity index (χ0) is 17.1. The van der Waals surface area contributed by atoms with E-state index in [0.717, 1.165) is 23.4 Å². The number of aryl methyl sites for hydroxylation is 1. The minimum Gasteiger partial charge on any atom is -0.349 e. The van der Waals surface area contributed by atoms with Gasteiger partial charge >= 0.3 is 0 Å². The minimum atomic E-state index is -0.0278. The van der Waals surface area contributed by atoms with Gasteiger partial charge in [-0.25, -0.2) is 4.98 Å². The maximum Gasteiger partial charge on any atom is 0.222 e. The lowest BCUT2D eigenvalue weighted by Gasteiger charge is -2.11. The fourth-order valence-electron chi connectivity index (χ4n) is 2.68. The zero-order valence-corrected chi connectivity index (χ0v) is 14.4. The molecule has 0 atom stereocenters. The Labute approximate surface area is 142 Å². The Balaban J connectivity index is 1.92. The van der Waals surface area contributed by atoms with Crippen LogP contribution >= 0.6 is 0 Å². The number of para-hydroxylation sites is 2. The molecule has 1 amide bonds. The van der Waals surface area contributed by atoms with Gasteiger partial charge in [-0.15, -0.1) is 0 Å². The van der Waals surface area contributed by atoms with E-state index in [1.807, 2.05) is 32.0 Å². The number of aromatic nitrogens is 2. The van der Waals surface area contributed by atoms with Crippen molar-refractivity contribution < 1.29 is 4.79 Å². The molecule has 3 rings (SSSR count). The number of hydrogen-bond donors (Lipinski definition) is 1. The van der Waals surface area contributed by atoms with Crippen LogP contribution in [0.2, 0.25) is 0 Å². The molecule has 0 radical (unpaired) electrons. The Morgan fingerprint density at radius 2 is 1.83 bits per heavy atom. The summed E-state index contributed by atoms with van der Waals surface area (Å²) in [5.74, 6) is 0.898. The third-order valence-electron chi connectivity index (χ3n) is 4.14. The molecule has 0 fully saturated rings. The summed E-state index contributed by atoms with van der Waals surface area (Å²) in [7, 11) is 0. The average Bonchev–Trinajstić information content (AvgIpc) is 2.92. The van der Waals surface area contributed by atoms with Gasteiger partial charge in [0, 0.05) is 12.5 Å². The Hall–Kier alpha value is -2.62. The molecule has 4 nitrogen and oxygen atoms in total. The van der Waals surface area contributed by atoms with Gasteiger partial charge in [-0.05, 0) is 24.6 Å². The van der Waals surface area contributed by atoms with E-state index < -0.39 is 0 Å². The van der Waals surface area contributed by atoms with Crippen LogP contribution in [0.25, 0.3) is 11.0 Å². The normalized spacial score (nSPS) is 11.2. The van der Waals surface area contributed by atoms with E-state index in [1.165, 1.54) is 11.1 Å². The molecule has 24 heavy (non-hydrogen) atoms. The Morgan fingerprint density at radius 3 is 2.54 bits per heavy atom. The van der Waals surface area contributed by atoms with Crippen molar-refractivity contribution in [3.63, 3.8) is 0 Å². The molecule has 0 aliphatic heterocycles. The van der Waals surface area contributed by atoms with Gasteiger partial charge in [-0.1, -0.05) is 55.8 Å². The van der Waals surface area contributed by atoms with Crippen LogP contribution in [0.5, 0.6) is 0 Å². The lowest BCUT2D eigenvalue weighted by atomic mass is 10.1. The highest BCUT2D eigenvalue weighted by Crippen LogP contribution is 2.18. The number of nitrogens with zero attached hydrogens (tertiary/aromatic N) is 2. The molecule has 0 bridgehead atoms. The summed E-state index contributed by atoms with van der Waals surface area (Å²) in [6, 6.07) is 16.6. The van der Waals surface area contributed by atoms with Crippen LogP contribution in [0, 0.1) is 12.8 Å². The number of fused-ring (bicyclic) bond motifs is 1. The predicted molar refractivity (Wildman–Crippen MR) is 96.7 cm³/mol. The third kappa shape index (κ3) is 3.48. The first-order valence-electron chi connectivity index (χ1n) is 8.32. The Morgan fingerprint density at radius 1 is 1.12 bits per heavy atom. The molecule has 2 aromatic carbocycles. The molecule has 0 saturated heterocycles. The number of imidazole rings is 1. The van der Waals surface area contributed by atoms with Crippen molar-refractivity contribution in [2.75, 3.05) is 0 Å². The molecule has 124 valence electrons. The number of carbonyl (C=O) groups is 1. The van der Waals surface area contributed by atoms with Crippen molar-refractivity contribution in [3.8, 4) is 0 Å². The summed E-state index contributed by atoms with van der Waals surface area (Å²) in [4.78, 5) is 16.6. The molecule has 0 saturated carbocycles. The van der Waals surface area contributed by atoms with E-state index >= 15 is 0 Å². The maximum atomic E-state index is 11.9. The SMILES string of the molecule is Cc1ccc(Cn2c(CNC(=O)C(C)C)nc3ccccc32)cc1. The van der Waals surface area contributed by atoms with E-state index in [0.29, 0.717) is 6.54 Å². The van der Waals surface area contributed by atoms with Crippen LogP contribution in [0.3, 0.4) is 0 Å². The van der Waals surface area contributed by atoms with Crippen molar-refractivity contribution in [1.82, 2.24) is 14.9 Å². The van der Waals surface area contributed by atoms with E-state index in [1.54, 1.807) is 0 Å². The van der Waals surface area contributed by atoms with Crippen LogP contribution < -0.4 is 5.32 Å². The van der Waals surface area contributed by atoms with Crippen LogP contribution in [-0.4, -0.2) is 15.5 Å². The van der Waals surface area contributed by atoms with Crippen molar-refractivity contribution >= 4 is 16.9 Å². The largest absolute Gasteiger partial charge is 0.349 e. The molecule has 0 aliphatic carbocycles. The molecule has 1 heterocycles. The van der Waals surface area contributed by atoms with Crippen LogP contribution in [0.4, 0.5) is 0 Å². The fourth-order valence-corrected chi connectivity index (χ4v) is 2.68. The van der Waals surface area contributed by atoms with E-state index in [-0.39, 0.29) is 11.8 Å². The number of nitrogens with one attached hydrogen (secondary N) is 1. The topological polar surface area (TPSA) is 46.9 Å². The quantitative estimate of drug-likeness (QED) is 0.779. The summed E-state index contributed by atoms with van der Waals surface area (Å²) in [6.07, 6.45) is 0. The molecular formula is C20H23N3O. The van der Waals surface area contributed by atoms with Gasteiger partial charge < -0.3 is 9.88 Å². The minimum absolute atomic E-state index is 0.0278. The second-order valence-electron chi connectivity index (χ2n) is 6.46. The first-order chi connectivity index (χ1) is 11.5. The number of benzene rings is 2. The van der Waals surface area contributed by atoms with E-state index in [9.17, 15) is 4.79 Å². The van der Waals surface area contributed by atoms with Gasteiger partial charge in [-0.2, -0.15) is 0 Å². The van der Waals surface area contributed by atoms with Gasteiger partial charge in [-0.3, -0.25) is 4.79 Å². The lowest BCUT2D eigenvalue weighted by molar-refractivity contribution is -0.124. The summed E-state index contributed by atoms with van der Waals surface area (Å²) >= 11 is 0. The highest BCUT2D eigenvalue weighted by molar-refractivity contribution is 5.78. The maximum absolute atomic E-state index is 11.9. The third-order valence-corrected chi connectivity index (χ3v) is 4.14.